The lowest BCUT2D eigenvalue weighted by Gasteiger charge is -2.03. The van der Waals surface area contributed by atoms with Crippen molar-refractivity contribution >= 4 is 23.8 Å². The zero-order valence-corrected chi connectivity index (χ0v) is 8.52. The SMILES string of the molecule is SCCOCn1cnc2cccnc21. The van der Waals surface area contributed by atoms with Crippen LogP contribution in [-0.4, -0.2) is 26.9 Å². The van der Waals surface area contributed by atoms with Crippen molar-refractivity contribution in [3.8, 4) is 0 Å². The Morgan fingerprint density at radius 3 is 3.21 bits per heavy atom. The number of imidazole rings is 1. The lowest BCUT2D eigenvalue weighted by Crippen LogP contribution is -2.03. The molecule has 4 nitrogen and oxygen atoms in total. The van der Waals surface area contributed by atoms with Crippen molar-refractivity contribution in [2.24, 2.45) is 0 Å². The molecule has 0 atom stereocenters. The summed E-state index contributed by atoms with van der Waals surface area (Å²) in [5.41, 5.74) is 1.74. The van der Waals surface area contributed by atoms with Crippen LogP contribution in [-0.2, 0) is 11.5 Å². The van der Waals surface area contributed by atoms with Crippen LogP contribution in [0.3, 0.4) is 0 Å². The first-order valence-electron chi connectivity index (χ1n) is 4.36. The smallest absolute Gasteiger partial charge is 0.161 e. The molecule has 0 N–H and O–H groups in total. The molecule has 2 aromatic rings. The van der Waals surface area contributed by atoms with Crippen LogP contribution in [0.1, 0.15) is 0 Å². The second-order valence-electron chi connectivity index (χ2n) is 2.82. The van der Waals surface area contributed by atoms with Gasteiger partial charge in [0, 0.05) is 11.9 Å². The minimum absolute atomic E-state index is 0.480. The summed E-state index contributed by atoms with van der Waals surface area (Å²) in [6.45, 7) is 1.11. The molecule has 0 aromatic carbocycles. The largest absolute Gasteiger partial charge is 0.360 e. The predicted octanol–water partition coefficient (Wildman–Crippen LogP) is 1.34. The first kappa shape index (κ1) is 9.48. The fourth-order valence-electron chi connectivity index (χ4n) is 1.22. The molecule has 14 heavy (non-hydrogen) atoms. The van der Waals surface area contributed by atoms with Gasteiger partial charge in [0.05, 0.1) is 12.9 Å². The third-order valence-corrected chi connectivity index (χ3v) is 2.02. The van der Waals surface area contributed by atoms with Crippen LogP contribution in [0.2, 0.25) is 0 Å². The van der Waals surface area contributed by atoms with Crippen molar-refractivity contribution in [2.45, 2.75) is 6.73 Å². The molecular weight excluding hydrogens is 198 g/mol. The van der Waals surface area contributed by atoms with E-state index in [1.54, 1.807) is 12.5 Å². The second-order valence-corrected chi connectivity index (χ2v) is 3.27. The van der Waals surface area contributed by atoms with Crippen molar-refractivity contribution < 1.29 is 4.74 Å². The molecule has 0 unspecified atom stereocenters. The number of hydrogen-bond acceptors (Lipinski definition) is 4. The van der Waals surface area contributed by atoms with E-state index in [9.17, 15) is 0 Å². The molecule has 5 heteroatoms. The normalized spacial score (nSPS) is 10.9. The van der Waals surface area contributed by atoms with E-state index >= 15 is 0 Å². The number of nitrogens with zero attached hydrogens (tertiary/aromatic N) is 3. The highest BCUT2D eigenvalue weighted by atomic mass is 32.1. The van der Waals surface area contributed by atoms with Gasteiger partial charge in [-0.3, -0.25) is 4.57 Å². The topological polar surface area (TPSA) is 39.9 Å². The van der Waals surface area contributed by atoms with Gasteiger partial charge >= 0.3 is 0 Å². The second kappa shape index (κ2) is 4.43. The van der Waals surface area contributed by atoms with Crippen molar-refractivity contribution in [2.75, 3.05) is 12.4 Å². The Hall–Kier alpha value is -1.07. The third-order valence-electron chi connectivity index (χ3n) is 1.84. The fraction of sp³-hybridized carbons (Fsp3) is 0.333. The van der Waals surface area contributed by atoms with E-state index in [0.29, 0.717) is 13.3 Å². The number of fused-ring (bicyclic) bond motifs is 1. The van der Waals surface area contributed by atoms with Gasteiger partial charge in [-0.05, 0) is 12.1 Å². The molecule has 2 aromatic heterocycles. The van der Waals surface area contributed by atoms with Crippen molar-refractivity contribution in [1.82, 2.24) is 14.5 Å². The van der Waals surface area contributed by atoms with E-state index in [1.165, 1.54) is 0 Å². The summed E-state index contributed by atoms with van der Waals surface area (Å²) in [6.07, 6.45) is 3.48. The zero-order chi connectivity index (χ0) is 9.80. The molecular formula is C9H11N3OS. The van der Waals surface area contributed by atoms with Crippen LogP contribution in [0.5, 0.6) is 0 Å². The minimum Gasteiger partial charge on any atom is -0.360 e. The molecule has 0 bridgehead atoms. The average molecular weight is 209 g/mol. The average Bonchev–Trinajstić information content (AvgIpc) is 2.63. The number of rotatable bonds is 4. The Morgan fingerprint density at radius 2 is 2.36 bits per heavy atom. The molecule has 0 radical (unpaired) electrons. The van der Waals surface area contributed by atoms with Gasteiger partial charge in [-0.1, -0.05) is 0 Å². The Kier molecular flexibility index (Phi) is 3.00. The van der Waals surface area contributed by atoms with E-state index < -0.39 is 0 Å². The molecule has 2 rings (SSSR count). The molecule has 0 aliphatic rings. The number of thiol groups is 1. The standard InChI is InChI=1S/C9H11N3OS/c14-5-4-13-7-12-6-11-8-2-1-3-10-9(8)12/h1-3,6,14H,4-5,7H2. The van der Waals surface area contributed by atoms with Gasteiger partial charge in [-0.2, -0.15) is 12.6 Å². The molecule has 0 aliphatic heterocycles. The van der Waals surface area contributed by atoms with E-state index in [1.807, 2.05) is 16.7 Å². The minimum atomic E-state index is 0.480. The van der Waals surface area contributed by atoms with E-state index in [4.69, 9.17) is 4.74 Å². The highest BCUT2D eigenvalue weighted by Crippen LogP contribution is 2.08. The summed E-state index contributed by atoms with van der Waals surface area (Å²) in [6, 6.07) is 3.80. The van der Waals surface area contributed by atoms with Gasteiger partial charge in [-0.25, -0.2) is 9.97 Å². The van der Waals surface area contributed by atoms with E-state index in [2.05, 4.69) is 22.6 Å². The Labute approximate surface area is 87.3 Å². The predicted molar refractivity (Wildman–Crippen MR) is 57.3 cm³/mol. The summed E-state index contributed by atoms with van der Waals surface area (Å²) < 4.78 is 7.22. The van der Waals surface area contributed by atoms with Crippen LogP contribution in [0.15, 0.2) is 24.7 Å². The Balaban J connectivity index is 2.17. The molecule has 0 amide bonds. The fourth-order valence-corrected chi connectivity index (χ4v) is 1.35. The molecule has 0 fully saturated rings. The van der Waals surface area contributed by atoms with Crippen molar-refractivity contribution in [3.05, 3.63) is 24.7 Å². The summed E-state index contributed by atoms with van der Waals surface area (Å²) in [4.78, 5) is 8.42. The Bertz CT molecular complexity index is 415. The Morgan fingerprint density at radius 1 is 1.43 bits per heavy atom. The lowest BCUT2D eigenvalue weighted by atomic mass is 10.4. The quantitative estimate of drug-likeness (QED) is 0.610. The van der Waals surface area contributed by atoms with Gasteiger partial charge in [-0.15, -0.1) is 0 Å². The summed E-state index contributed by atoms with van der Waals surface area (Å²) >= 11 is 4.06. The number of hydrogen-bond donors (Lipinski definition) is 1. The molecule has 0 aliphatic carbocycles. The number of pyridine rings is 1. The summed E-state index contributed by atoms with van der Waals surface area (Å²) in [7, 11) is 0. The van der Waals surface area contributed by atoms with Crippen molar-refractivity contribution in [1.29, 1.82) is 0 Å². The van der Waals surface area contributed by atoms with E-state index in [0.717, 1.165) is 16.9 Å². The lowest BCUT2D eigenvalue weighted by molar-refractivity contribution is 0.0924. The first-order chi connectivity index (χ1) is 6.92. The maximum Gasteiger partial charge on any atom is 0.161 e. The highest BCUT2D eigenvalue weighted by Gasteiger charge is 2.01. The van der Waals surface area contributed by atoms with Crippen LogP contribution >= 0.6 is 12.6 Å². The highest BCUT2D eigenvalue weighted by molar-refractivity contribution is 7.80. The van der Waals surface area contributed by atoms with Gasteiger partial charge in [0.2, 0.25) is 0 Å². The first-order valence-corrected chi connectivity index (χ1v) is 4.99. The van der Waals surface area contributed by atoms with Gasteiger partial charge in [0.15, 0.2) is 5.65 Å². The maximum atomic E-state index is 5.34. The van der Waals surface area contributed by atoms with Crippen LogP contribution in [0.4, 0.5) is 0 Å². The number of aromatic nitrogens is 3. The van der Waals surface area contributed by atoms with Gasteiger partial charge in [0.1, 0.15) is 12.2 Å². The van der Waals surface area contributed by atoms with E-state index in [-0.39, 0.29) is 0 Å². The van der Waals surface area contributed by atoms with Crippen LogP contribution in [0.25, 0.3) is 11.2 Å². The maximum absolute atomic E-state index is 5.34. The monoisotopic (exact) mass is 209 g/mol. The molecule has 0 spiro atoms. The summed E-state index contributed by atoms with van der Waals surface area (Å²) in [5.74, 6) is 0.722. The van der Waals surface area contributed by atoms with Gasteiger partial charge in [0.25, 0.3) is 0 Å². The van der Waals surface area contributed by atoms with Crippen molar-refractivity contribution in [3.63, 3.8) is 0 Å². The summed E-state index contributed by atoms with van der Waals surface area (Å²) in [5, 5.41) is 0. The number of ether oxygens (including phenoxy) is 1. The van der Waals surface area contributed by atoms with Crippen LogP contribution in [0, 0.1) is 0 Å². The zero-order valence-electron chi connectivity index (χ0n) is 7.63. The van der Waals surface area contributed by atoms with Crippen LogP contribution < -0.4 is 0 Å². The molecule has 0 saturated carbocycles. The molecule has 0 saturated heterocycles. The van der Waals surface area contributed by atoms with Gasteiger partial charge < -0.3 is 4.74 Å². The molecule has 74 valence electrons. The molecule has 2 heterocycles. The third kappa shape index (κ3) is 1.88.